The van der Waals surface area contributed by atoms with Gasteiger partial charge in [-0.15, -0.1) is 0 Å². The predicted octanol–water partition coefficient (Wildman–Crippen LogP) is 3.96. The van der Waals surface area contributed by atoms with Crippen molar-refractivity contribution in [3.63, 3.8) is 0 Å². The first kappa shape index (κ1) is 13.2. The van der Waals surface area contributed by atoms with Gasteiger partial charge in [0.2, 0.25) is 0 Å². The topological polar surface area (TPSA) is 48.6 Å². The number of imidazole rings is 1. The number of alkyl halides is 1. The van der Waals surface area contributed by atoms with Crippen LogP contribution in [0.2, 0.25) is 0 Å². The first-order valence-electron chi connectivity index (χ1n) is 6.48. The van der Waals surface area contributed by atoms with E-state index in [0.717, 1.165) is 16.6 Å². The van der Waals surface area contributed by atoms with Gasteiger partial charge in [-0.1, -0.05) is 45.8 Å². The molecule has 3 aromatic rings. The molecule has 4 heteroatoms. The standard InChI is InChI=1S/C16H15BrN2O/c1-9-3-5-12(10(2)7-9)15(17)11-4-6-13-14(8-11)19-16(20)18-13/h3-8,15H,1-2H3,(H2,18,19,20). The largest absolute Gasteiger partial charge is 0.323 e. The summed E-state index contributed by atoms with van der Waals surface area (Å²) in [4.78, 5) is 17.0. The monoisotopic (exact) mass is 330 g/mol. The fourth-order valence-electron chi connectivity index (χ4n) is 2.50. The molecule has 0 aliphatic rings. The molecule has 0 saturated carbocycles. The molecule has 0 radical (unpaired) electrons. The van der Waals surface area contributed by atoms with Gasteiger partial charge in [0.15, 0.2) is 0 Å². The van der Waals surface area contributed by atoms with Gasteiger partial charge in [0.05, 0.1) is 15.9 Å². The number of hydrogen-bond acceptors (Lipinski definition) is 1. The Balaban J connectivity index is 2.06. The molecule has 2 aromatic carbocycles. The number of aromatic amines is 2. The molecule has 0 aliphatic carbocycles. The van der Waals surface area contributed by atoms with E-state index in [-0.39, 0.29) is 10.5 Å². The Bertz CT molecular complexity index is 832. The minimum absolute atomic E-state index is 0.117. The van der Waals surface area contributed by atoms with Gasteiger partial charge < -0.3 is 9.97 Å². The number of H-pyrrole nitrogens is 2. The first-order valence-corrected chi connectivity index (χ1v) is 7.39. The van der Waals surface area contributed by atoms with Crippen molar-refractivity contribution in [2.75, 3.05) is 0 Å². The third-order valence-electron chi connectivity index (χ3n) is 3.53. The van der Waals surface area contributed by atoms with Crippen LogP contribution < -0.4 is 5.69 Å². The van der Waals surface area contributed by atoms with Crippen molar-refractivity contribution < 1.29 is 0 Å². The summed E-state index contributed by atoms with van der Waals surface area (Å²) < 4.78 is 0. The van der Waals surface area contributed by atoms with Gasteiger partial charge in [-0.05, 0) is 42.7 Å². The van der Waals surface area contributed by atoms with Crippen LogP contribution in [0.4, 0.5) is 0 Å². The Hall–Kier alpha value is -1.81. The Morgan fingerprint density at radius 1 is 1.00 bits per heavy atom. The molecule has 0 fully saturated rings. The van der Waals surface area contributed by atoms with Crippen molar-refractivity contribution in [2.24, 2.45) is 0 Å². The molecule has 1 atom stereocenters. The maximum absolute atomic E-state index is 11.3. The second-order valence-electron chi connectivity index (χ2n) is 5.11. The number of hydrogen-bond donors (Lipinski definition) is 2. The van der Waals surface area contributed by atoms with Crippen molar-refractivity contribution in [1.29, 1.82) is 0 Å². The zero-order valence-electron chi connectivity index (χ0n) is 11.3. The minimum Gasteiger partial charge on any atom is -0.306 e. The van der Waals surface area contributed by atoms with E-state index in [2.05, 4.69) is 57.9 Å². The number of halogens is 1. The first-order chi connectivity index (χ1) is 9.54. The number of aryl methyl sites for hydroxylation is 2. The summed E-state index contributed by atoms with van der Waals surface area (Å²) in [6, 6.07) is 12.4. The van der Waals surface area contributed by atoms with Crippen LogP contribution >= 0.6 is 15.9 Å². The van der Waals surface area contributed by atoms with Crippen LogP contribution in [0.5, 0.6) is 0 Å². The summed E-state index contributed by atoms with van der Waals surface area (Å²) >= 11 is 3.76. The maximum atomic E-state index is 11.3. The van der Waals surface area contributed by atoms with Crippen molar-refractivity contribution in [3.05, 3.63) is 69.1 Å². The number of rotatable bonds is 2. The Morgan fingerprint density at radius 2 is 1.75 bits per heavy atom. The van der Waals surface area contributed by atoms with Crippen LogP contribution in [-0.2, 0) is 0 Å². The van der Waals surface area contributed by atoms with E-state index in [9.17, 15) is 4.79 Å². The van der Waals surface area contributed by atoms with Crippen molar-refractivity contribution in [3.8, 4) is 0 Å². The summed E-state index contributed by atoms with van der Waals surface area (Å²) in [5.74, 6) is 0. The molecular formula is C16H15BrN2O. The summed E-state index contributed by atoms with van der Waals surface area (Å²) in [5.41, 5.74) is 6.38. The van der Waals surface area contributed by atoms with Crippen molar-refractivity contribution in [2.45, 2.75) is 18.7 Å². The van der Waals surface area contributed by atoms with Crippen LogP contribution in [0, 0.1) is 13.8 Å². The van der Waals surface area contributed by atoms with Gasteiger partial charge in [-0.2, -0.15) is 0 Å². The molecule has 1 aromatic heterocycles. The summed E-state index contributed by atoms with van der Waals surface area (Å²) in [7, 11) is 0. The lowest BCUT2D eigenvalue weighted by Crippen LogP contribution is -1.99. The van der Waals surface area contributed by atoms with Gasteiger partial charge >= 0.3 is 5.69 Å². The SMILES string of the molecule is Cc1ccc(C(Br)c2ccc3[nH]c(=O)[nH]c3c2)c(C)c1. The highest BCUT2D eigenvalue weighted by atomic mass is 79.9. The van der Waals surface area contributed by atoms with Crippen LogP contribution in [-0.4, -0.2) is 9.97 Å². The Kier molecular flexibility index (Phi) is 3.26. The second-order valence-corrected chi connectivity index (χ2v) is 6.02. The van der Waals surface area contributed by atoms with E-state index in [0.29, 0.717) is 0 Å². The Morgan fingerprint density at radius 3 is 2.50 bits per heavy atom. The normalized spacial score (nSPS) is 12.8. The van der Waals surface area contributed by atoms with Gasteiger partial charge in [-0.25, -0.2) is 4.79 Å². The molecule has 2 N–H and O–H groups in total. The molecule has 102 valence electrons. The van der Waals surface area contributed by atoms with Crippen LogP contribution in [0.15, 0.2) is 41.2 Å². The average Bonchev–Trinajstić information content (AvgIpc) is 2.77. The molecule has 3 nitrogen and oxygen atoms in total. The van der Waals surface area contributed by atoms with Crippen molar-refractivity contribution >= 4 is 27.0 Å². The number of nitrogens with one attached hydrogen (secondary N) is 2. The molecule has 0 amide bonds. The number of benzene rings is 2. The quantitative estimate of drug-likeness (QED) is 0.686. The third-order valence-corrected chi connectivity index (χ3v) is 4.55. The molecule has 0 saturated heterocycles. The number of fused-ring (bicyclic) bond motifs is 1. The lowest BCUT2D eigenvalue weighted by atomic mass is 9.98. The highest BCUT2D eigenvalue weighted by molar-refractivity contribution is 9.09. The molecular weight excluding hydrogens is 316 g/mol. The lowest BCUT2D eigenvalue weighted by Gasteiger charge is -2.14. The van der Waals surface area contributed by atoms with Gasteiger partial charge in [0, 0.05) is 0 Å². The zero-order chi connectivity index (χ0) is 14.3. The third kappa shape index (κ3) is 2.31. The molecule has 20 heavy (non-hydrogen) atoms. The van der Waals surface area contributed by atoms with E-state index in [1.54, 1.807) is 0 Å². The van der Waals surface area contributed by atoms with E-state index >= 15 is 0 Å². The average molecular weight is 331 g/mol. The van der Waals surface area contributed by atoms with Crippen molar-refractivity contribution in [1.82, 2.24) is 9.97 Å². The van der Waals surface area contributed by atoms with Gasteiger partial charge in [-0.3, -0.25) is 0 Å². The predicted molar refractivity (Wildman–Crippen MR) is 85.6 cm³/mol. The van der Waals surface area contributed by atoms with Gasteiger partial charge in [0.1, 0.15) is 0 Å². The fourth-order valence-corrected chi connectivity index (χ4v) is 3.30. The molecule has 0 bridgehead atoms. The van der Waals surface area contributed by atoms with E-state index in [4.69, 9.17) is 0 Å². The van der Waals surface area contributed by atoms with Crippen LogP contribution in [0.1, 0.15) is 27.1 Å². The smallest absolute Gasteiger partial charge is 0.306 e. The highest BCUT2D eigenvalue weighted by Crippen LogP contribution is 2.33. The number of aromatic nitrogens is 2. The van der Waals surface area contributed by atoms with Crippen LogP contribution in [0.25, 0.3) is 11.0 Å². The zero-order valence-corrected chi connectivity index (χ0v) is 12.9. The van der Waals surface area contributed by atoms with Crippen LogP contribution in [0.3, 0.4) is 0 Å². The lowest BCUT2D eigenvalue weighted by molar-refractivity contribution is 1.14. The maximum Gasteiger partial charge on any atom is 0.323 e. The summed E-state index contributed by atoms with van der Waals surface area (Å²) in [6.45, 7) is 4.21. The molecule has 0 aliphatic heterocycles. The van der Waals surface area contributed by atoms with E-state index in [1.165, 1.54) is 16.7 Å². The Labute approximate surface area is 125 Å². The van der Waals surface area contributed by atoms with E-state index in [1.807, 2.05) is 18.2 Å². The second kappa shape index (κ2) is 4.94. The molecule has 1 unspecified atom stereocenters. The summed E-state index contributed by atoms with van der Waals surface area (Å²) in [5, 5.41) is 0. The van der Waals surface area contributed by atoms with Gasteiger partial charge in [0.25, 0.3) is 0 Å². The van der Waals surface area contributed by atoms with E-state index < -0.39 is 0 Å². The minimum atomic E-state index is -0.171. The summed E-state index contributed by atoms with van der Waals surface area (Å²) in [6.07, 6.45) is 0. The molecule has 3 rings (SSSR count). The fraction of sp³-hybridized carbons (Fsp3) is 0.188. The molecule has 1 heterocycles. The highest BCUT2D eigenvalue weighted by Gasteiger charge is 2.13. The molecule has 0 spiro atoms.